The van der Waals surface area contributed by atoms with Gasteiger partial charge >= 0.3 is 0 Å². The Labute approximate surface area is 178 Å². The van der Waals surface area contributed by atoms with E-state index in [1.807, 2.05) is 6.92 Å². The first-order valence-electron chi connectivity index (χ1n) is 10.2. The monoisotopic (exact) mass is 419 g/mol. The highest BCUT2D eigenvalue weighted by molar-refractivity contribution is 5.68. The first-order chi connectivity index (χ1) is 14.8. The Balaban J connectivity index is 1.63. The van der Waals surface area contributed by atoms with Crippen molar-refractivity contribution in [3.8, 4) is 23.2 Å². The number of aromatic nitrogens is 4. The Morgan fingerprint density at radius 3 is 2.68 bits per heavy atom. The normalized spacial score (nSPS) is 21.5. The van der Waals surface area contributed by atoms with E-state index in [1.54, 1.807) is 12.1 Å². The highest BCUT2D eigenvalue weighted by Gasteiger charge is 2.40. The number of hydrogen-bond acceptors (Lipinski definition) is 6. The molecule has 0 spiro atoms. The Morgan fingerprint density at radius 1 is 1.29 bits per heavy atom. The van der Waals surface area contributed by atoms with Gasteiger partial charge in [-0.15, -0.1) is 0 Å². The van der Waals surface area contributed by atoms with Gasteiger partial charge in [-0.2, -0.15) is 0 Å². The van der Waals surface area contributed by atoms with Gasteiger partial charge in [-0.05, 0) is 56.4 Å². The van der Waals surface area contributed by atoms with Gasteiger partial charge in [0.15, 0.2) is 11.4 Å². The molecule has 31 heavy (non-hydrogen) atoms. The molecular formula is C23H22FN5O2. The predicted molar refractivity (Wildman–Crippen MR) is 111 cm³/mol. The molecule has 0 saturated heterocycles. The summed E-state index contributed by atoms with van der Waals surface area (Å²) in [4.78, 5) is 12.7. The third-order valence-electron chi connectivity index (χ3n) is 6.21. The summed E-state index contributed by atoms with van der Waals surface area (Å²) in [5.74, 6) is 6.06. The van der Waals surface area contributed by atoms with Crippen LogP contribution in [0.2, 0.25) is 0 Å². The second kappa shape index (κ2) is 6.95. The van der Waals surface area contributed by atoms with Crippen LogP contribution in [-0.4, -0.2) is 29.7 Å². The predicted octanol–water partition coefficient (Wildman–Crippen LogP) is 2.43. The molecule has 1 fully saturated rings. The van der Waals surface area contributed by atoms with Crippen molar-refractivity contribution in [1.82, 2.24) is 19.5 Å². The maximum atomic E-state index is 15.0. The number of aliphatic hydroxyl groups is 2. The summed E-state index contributed by atoms with van der Waals surface area (Å²) in [6.45, 7) is 3.36. The molecule has 6 rings (SSSR count). The largest absolute Gasteiger partial charge is 0.373 e. The molecule has 2 aliphatic heterocycles. The van der Waals surface area contributed by atoms with Gasteiger partial charge in [-0.3, -0.25) is 0 Å². The van der Waals surface area contributed by atoms with Crippen molar-refractivity contribution in [1.29, 1.82) is 0 Å². The molecule has 4 N–H and O–H groups in total. The van der Waals surface area contributed by atoms with E-state index in [9.17, 15) is 14.6 Å². The molecule has 3 aliphatic rings. The third-order valence-corrected chi connectivity index (χ3v) is 6.21. The minimum atomic E-state index is -1.63. The van der Waals surface area contributed by atoms with Crippen LogP contribution in [-0.2, 0) is 5.60 Å². The van der Waals surface area contributed by atoms with Crippen molar-refractivity contribution in [2.75, 3.05) is 0 Å². The van der Waals surface area contributed by atoms with E-state index >= 15 is 0 Å². The van der Waals surface area contributed by atoms with E-state index in [0.29, 0.717) is 11.5 Å². The van der Waals surface area contributed by atoms with Gasteiger partial charge in [0.1, 0.15) is 23.6 Å². The lowest BCUT2D eigenvalue weighted by molar-refractivity contribution is 0.112. The number of aliphatic hydroxyl groups excluding tert-OH is 1. The van der Waals surface area contributed by atoms with Gasteiger partial charge in [-0.1, -0.05) is 11.8 Å². The molecule has 3 aromatic rings. The number of nitrogens with two attached hydrogens (primary N) is 1. The van der Waals surface area contributed by atoms with Crippen molar-refractivity contribution in [3.05, 3.63) is 64.7 Å². The summed E-state index contributed by atoms with van der Waals surface area (Å²) < 4.78 is 17.1. The van der Waals surface area contributed by atoms with Crippen LogP contribution in [0.1, 0.15) is 66.3 Å². The summed E-state index contributed by atoms with van der Waals surface area (Å²) in [6, 6.07) is 5.08. The van der Waals surface area contributed by atoms with Crippen LogP contribution in [0, 0.1) is 24.6 Å². The minimum Gasteiger partial charge on any atom is -0.373 e. The second-order valence-electron chi connectivity index (χ2n) is 8.36. The molecule has 4 heterocycles. The summed E-state index contributed by atoms with van der Waals surface area (Å²) in [5.41, 5.74) is 7.14. The Morgan fingerprint density at radius 2 is 2.00 bits per heavy atom. The average molecular weight is 419 g/mol. The molecule has 0 amide bonds. The molecule has 7 nitrogen and oxygen atoms in total. The van der Waals surface area contributed by atoms with Crippen LogP contribution >= 0.6 is 0 Å². The first-order valence-corrected chi connectivity index (χ1v) is 10.2. The number of nitrogens with zero attached hydrogens (tertiary/aromatic N) is 4. The lowest BCUT2D eigenvalue weighted by atomic mass is 9.75. The van der Waals surface area contributed by atoms with E-state index < -0.39 is 17.6 Å². The molecule has 2 atom stereocenters. The summed E-state index contributed by atoms with van der Waals surface area (Å²) in [6.07, 6.45) is 3.63. The standard InChI is InChI=1S/C23H22FN5O2/c1-12-19(20(25)30)28-21-17-10-13(4-5-23(2,31)22-26-6-3-7-27-22)18(24)11-16(17)14-8-15(9-14)29(12)21/h3,6-7,10-11,14-15,20,30-31H,8-9,25H2,1-2H3. The maximum Gasteiger partial charge on any atom is 0.182 e. The van der Waals surface area contributed by atoms with Gasteiger partial charge in [0.2, 0.25) is 0 Å². The summed E-state index contributed by atoms with van der Waals surface area (Å²) >= 11 is 0. The lowest BCUT2D eigenvalue weighted by Crippen LogP contribution is -2.24. The van der Waals surface area contributed by atoms with Crippen molar-refractivity contribution in [3.63, 3.8) is 0 Å². The Hall–Kier alpha value is -3.12. The fourth-order valence-corrected chi connectivity index (χ4v) is 4.51. The van der Waals surface area contributed by atoms with Crippen LogP contribution in [0.5, 0.6) is 0 Å². The van der Waals surface area contributed by atoms with E-state index in [0.717, 1.165) is 29.7 Å². The lowest BCUT2D eigenvalue weighted by Gasteiger charge is -2.35. The van der Waals surface area contributed by atoms with Crippen LogP contribution < -0.4 is 5.73 Å². The molecule has 2 aromatic heterocycles. The van der Waals surface area contributed by atoms with Gasteiger partial charge in [0.05, 0.1) is 5.56 Å². The molecule has 2 unspecified atom stereocenters. The molecule has 1 aromatic carbocycles. The zero-order chi connectivity index (χ0) is 21.9. The molecule has 1 aliphatic carbocycles. The van der Waals surface area contributed by atoms with Crippen molar-refractivity contribution in [2.45, 2.75) is 50.5 Å². The van der Waals surface area contributed by atoms with Crippen molar-refractivity contribution in [2.24, 2.45) is 5.73 Å². The average Bonchev–Trinajstić information content (AvgIpc) is 2.91. The molecule has 8 heteroatoms. The van der Waals surface area contributed by atoms with Gasteiger partial charge < -0.3 is 20.5 Å². The molecule has 158 valence electrons. The number of benzene rings is 1. The number of rotatable bonds is 2. The SMILES string of the molecule is Cc1c(C(N)O)nc2n1C1CC(C1)c1cc(F)c(C#CC(C)(O)c3ncccn3)cc1-2. The smallest absolute Gasteiger partial charge is 0.182 e. The van der Waals surface area contributed by atoms with Crippen LogP contribution in [0.15, 0.2) is 30.6 Å². The highest BCUT2D eigenvalue weighted by atomic mass is 19.1. The van der Waals surface area contributed by atoms with E-state index in [-0.39, 0.29) is 23.3 Å². The van der Waals surface area contributed by atoms with E-state index in [2.05, 4.69) is 31.4 Å². The fourth-order valence-electron chi connectivity index (χ4n) is 4.51. The zero-order valence-corrected chi connectivity index (χ0v) is 17.2. The summed E-state index contributed by atoms with van der Waals surface area (Å²) in [7, 11) is 0. The van der Waals surface area contributed by atoms with Gasteiger partial charge in [0, 0.05) is 29.7 Å². The molecular weight excluding hydrogens is 397 g/mol. The van der Waals surface area contributed by atoms with Crippen molar-refractivity contribution < 1.29 is 14.6 Å². The van der Waals surface area contributed by atoms with E-state index in [4.69, 9.17) is 5.73 Å². The van der Waals surface area contributed by atoms with Crippen molar-refractivity contribution >= 4 is 0 Å². The fraction of sp³-hybridized carbons (Fsp3) is 0.348. The molecule has 2 bridgehead atoms. The number of hydrogen-bond donors (Lipinski definition) is 3. The van der Waals surface area contributed by atoms with Crippen LogP contribution in [0.4, 0.5) is 4.39 Å². The zero-order valence-electron chi connectivity index (χ0n) is 17.2. The first kappa shape index (κ1) is 19.8. The number of imidazole rings is 1. The van der Waals surface area contributed by atoms with Gasteiger partial charge in [0.25, 0.3) is 0 Å². The third kappa shape index (κ3) is 3.13. The maximum absolute atomic E-state index is 15.0. The second-order valence-corrected chi connectivity index (χ2v) is 8.36. The molecule has 1 saturated carbocycles. The quantitative estimate of drug-likeness (QED) is 0.435. The van der Waals surface area contributed by atoms with Crippen LogP contribution in [0.25, 0.3) is 11.4 Å². The Bertz CT molecular complexity index is 1230. The van der Waals surface area contributed by atoms with Crippen LogP contribution in [0.3, 0.4) is 0 Å². The molecule has 0 radical (unpaired) electrons. The highest BCUT2D eigenvalue weighted by Crippen LogP contribution is 2.53. The van der Waals surface area contributed by atoms with E-state index in [1.165, 1.54) is 25.4 Å². The minimum absolute atomic E-state index is 0.145. The number of halogens is 1. The Kier molecular flexibility index (Phi) is 4.45. The topological polar surface area (TPSA) is 110 Å². The van der Waals surface area contributed by atoms with Gasteiger partial charge in [-0.25, -0.2) is 19.3 Å². The summed E-state index contributed by atoms with van der Waals surface area (Å²) in [5, 5.41) is 20.6.